The van der Waals surface area contributed by atoms with Gasteiger partial charge >= 0.3 is 0 Å². The summed E-state index contributed by atoms with van der Waals surface area (Å²) in [4.78, 5) is 12.5. The van der Waals surface area contributed by atoms with Crippen molar-refractivity contribution in [3.63, 3.8) is 0 Å². The van der Waals surface area contributed by atoms with E-state index < -0.39 is 28.3 Å². The van der Waals surface area contributed by atoms with Crippen LogP contribution in [0, 0.1) is 12.7 Å². The largest absolute Gasteiger partial charge is 0.299 e. The summed E-state index contributed by atoms with van der Waals surface area (Å²) in [5.74, 6) is -1.41. The molecule has 3 aromatic rings. The van der Waals surface area contributed by atoms with Crippen LogP contribution >= 0.6 is 23.1 Å². The number of rotatable bonds is 7. The summed E-state index contributed by atoms with van der Waals surface area (Å²) in [6.07, 6.45) is 1.82. The first-order chi connectivity index (χ1) is 13.8. The van der Waals surface area contributed by atoms with Gasteiger partial charge < -0.3 is 0 Å². The van der Waals surface area contributed by atoms with Crippen LogP contribution in [-0.4, -0.2) is 37.3 Å². The second-order valence-corrected chi connectivity index (χ2v) is 9.79. The zero-order valence-electron chi connectivity index (χ0n) is 15.5. The molecule has 2 aromatic carbocycles. The second kappa shape index (κ2) is 8.89. The van der Waals surface area contributed by atoms with Gasteiger partial charge in [-0.2, -0.15) is 0 Å². The highest BCUT2D eigenvalue weighted by atomic mass is 32.2. The number of sulfonamides is 1. The topological polar surface area (TPSA) is 92.3 Å². The molecule has 29 heavy (non-hydrogen) atoms. The SMILES string of the molecule is CSc1nnc(NC(=O)CN(c2ccccc2F)S(=O)(=O)c2ccc(C)cc2)s1. The van der Waals surface area contributed by atoms with Gasteiger partial charge in [0.1, 0.15) is 12.4 Å². The van der Waals surface area contributed by atoms with Crippen molar-refractivity contribution in [3.05, 3.63) is 59.9 Å². The van der Waals surface area contributed by atoms with Gasteiger partial charge in [-0.05, 0) is 37.4 Å². The van der Waals surface area contributed by atoms with Gasteiger partial charge in [-0.1, -0.05) is 52.9 Å². The number of amides is 1. The molecule has 0 saturated heterocycles. The molecule has 7 nitrogen and oxygen atoms in total. The summed E-state index contributed by atoms with van der Waals surface area (Å²) in [6.45, 7) is 1.20. The maximum Gasteiger partial charge on any atom is 0.264 e. The number of nitrogens with one attached hydrogen (secondary N) is 1. The second-order valence-electron chi connectivity index (χ2n) is 5.90. The molecular formula is C18H17FN4O3S3. The molecule has 0 aliphatic carbocycles. The van der Waals surface area contributed by atoms with Gasteiger partial charge in [-0.25, -0.2) is 12.8 Å². The van der Waals surface area contributed by atoms with Crippen molar-refractivity contribution in [2.75, 3.05) is 22.4 Å². The molecule has 0 aliphatic heterocycles. The first-order valence-electron chi connectivity index (χ1n) is 8.32. The van der Waals surface area contributed by atoms with E-state index in [2.05, 4.69) is 15.5 Å². The smallest absolute Gasteiger partial charge is 0.264 e. The Morgan fingerprint density at radius 2 is 1.86 bits per heavy atom. The van der Waals surface area contributed by atoms with Crippen molar-refractivity contribution in [1.82, 2.24) is 10.2 Å². The first kappa shape index (κ1) is 21.2. The highest BCUT2D eigenvalue weighted by Crippen LogP contribution is 2.27. The lowest BCUT2D eigenvalue weighted by Crippen LogP contribution is -2.38. The number of aryl methyl sites for hydroxylation is 1. The van der Waals surface area contributed by atoms with E-state index in [4.69, 9.17) is 0 Å². The van der Waals surface area contributed by atoms with Crippen LogP contribution < -0.4 is 9.62 Å². The van der Waals surface area contributed by atoms with E-state index in [0.717, 1.165) is 27.3 Å². The molecule has 0 unspecified atom stereocenters. The van der Waals surface area contributed by atoms with Gasteiger partial charge in [0.15, 0.2) is 4.34 Å². The minimum atomic E-state index is -4.18. The number of carbonyl (C=O) groups excluding carboxylic acids is 1. The fourth-order valence-corrected chi connectivity index (χ4v) is 5.04. The minimum absolute atomic E-state index is 0.0419. The van der Waals surface area contributed by atoms with Crippen LogP contribution in [0.15, 0.2) is 57.8 Å². The molecule has 1 N–H and O–H groups in total. The predicted octanol–water partition coefficient (Wildman–Crippen LogP) is 3.54. The molecule has 0 aliphatic rings. The van der Waals surface area contributed by atoms with Gasteiger partial charge in [0.05, 0.1) is 10.6 Å². The van der Waals surface area contributed by atoms with Gasteiger partial charge in [0.2, 0.25) is 11.0 Å². The highest BCUT2D eigenvalue weighted by Gasteiger charge is 2.29. The van der Waals surface area contributed by atoms with Gasteiger partial charge in [0.25, 0.3) is 10.0 Å². The summed E-state index contributed by atoms with van der Waals surface area (Å²) in [7, 11) is -4.18. The summed E-state index contributed by atoms with van der Waals surface area (Å²) < 4.78 is 42.2. The lowest BCUT2D eigenvalue weighted by atomic mass is 10.2. The Hall–Kier alpha value is -2.50. The Morgan fingerprint density at radius 1 is 1.17 bits per heavy atom. The predicted molar refractivity (Wildman–Crippen MR) is 112 cm³/mol. The third-order valence-corrected chi connectivity index (χ3v) is 7.43. The quantitative estimate of drug-likeness (QED) is 0.435. The molecule has 0 atom stereocenters. The van der Waals surface area contributed by atoms with Crippen LogP contribution in [0.4, 0.5) is 15.2 Å². The van der Waals surface area contributed by atoms with Gasteiger partial charge in [-0.15, -0.1) is 10.2 Å². The number of thioether (sulfide) groups is 1. The van der Waals surface area contributed by atoms with E-state index in [9.17, 15) is 17.6 Å². The Labute approximate surface area is 176 Å². The summed E-state index contributed by atoms with van der Waals surface area (Å²) in [5, 5.41) is 10.4. The molecular weight excluding hydrogens is 435 g/mol. The average molecular weight is 453 g/mol. The Kier molecular flexibility index (Phi) is 6.50. The molecule has 0 spiro atoms. The molecule has 1 aromatic heterocycles. The highest BCUT2D eigenvalue weighted by molar-refractivity contribution is 8.00. The number of hydrogen-bond acceptors (Lipinski definition) is 7. The zero-order chi connectivity index (χ0) is 21.0. The van der Waals surface area contributed by atoms with Crippen molar-refractivity contribution in [2.45, 2.75) is 16.2 Å². The number of anilines is 2. The third-order valence-electron chi connectivity index (χ3n) is 3.84. The number of nitrogens with zero attached hydrogens (tertiary/aromatic N) is 3. The number of hydrogen-bond donors (Lipinski definition) is 1. The van der Waals surface area contributed by atoms with E-state index in [0.29, 0.717) is 4.34 Å². The Balaban J connectivity index is 1.94. The maximum absolute atomic E-state index is 14.4. The van der Waals surface area contributed by atoms with E-state index in [-0.39, 0.29) is 15.7 Å². The normalized spacial score (nSPS) is 11.3. The summed E-state index contributed by atoms with van der Waals surface area (Å²) in [6, 6.07) is 11.5. The molecule has 3 rings (SSSR count). The van der Waals surface area contributed by atoms with Gasteiger partial charge in [-0.3, -0.25) is 14.4 Å². The molecule has 0 radical (unpaired) electrons. The first-order valence-corrected chi connectivity index (χ1v) is 11.8. The van der Waals surface area contributed by atoms with E-state index >= 15 is 0 Å². The number of aromatic nitrogens is 2. The van der Waals surface area contributed by atoms with Crippen molar-refractivity contribution in [3.8, 4) is 0 Å². The van der Waals surface area contributed by atoms with Gasteiger partial charge in [0, 0.05) is 0 Å². The molecule has 0 bridgehead atoms. The molecule has 0 saturated carbocycles. The van der Waals surface area contributed by atoms with E-state index in [1.54, 1.807) is 12.1 Å². The van der Waals surface area contributed by atoms with Crippen LogP contribution in [0.3, 0.4) is 0 Å². The number of halogens is 1. The molecule has 0 fully saturated rings. The molecule has 152 valence electrons. The molecule has 11 heteroatoms. The van der Waals surface area contributed by atoms with E-state index in [1.165, 1.54) is 42.1 Å². The van der Waals surface area contributed by atoms with Crippen LogP contribution in [0.25, 0.3) is 0 Å². The minimum Gasteiger partial charge on any atom is -0.299 e. The van der Waals surface area contributed by atoms with Crippen molar-refractivity contribution < 1.29 is 17.6 Å². The fraction of sp³-hybridized carbons (Fsp3) is 0.167. The standard InChI is InChI=1S/C18H17FN4O3S3/c1-12-7-9-13(10-8-12)29(25,26)23(15-6-4-3-5-14(15)19)11-16(24)20-17-21-22-18(27-2)28-17/h3-10H,11H2,1-2H3,(H,20,21,24). The van der Waals surface area contributed by atoms with Crippen molar-refractivity contribution in [2.24, 2.45) is 0 Å². The zero-order valence-corrected chi connectivity index (χ0v) is 17.9. The van der Waals surface area contributed by atoms with Crippen LogP contribution in [0.2, 0.25) is 0 Å². The number of benzene rings is 2. The van der Waals surface area contributed by atoms with E-state index in [1.807, 2.05) is 13.2 Å². The third kappa shape index (κ3) is 4.92. The van der Waals surface area contributed by atoms with Crippen LogP contribution in [0.5, 0.6) is 0 Å². The summed E-state index contributed by atoms with van der Waals surface area (Å²) in [5.41, 5.74) is 0.658. The van der Waals surface area contributed by atoms with Crippen molar-refractivity contribution in [1.29, 1.82) is 0 Å². The monoisotopic (exact) mass is 452 g/mol. The molecule has 1 heterocycles. The van der Waals surface area contributed by atoms with Crippen LogP contribution in [0.1, 0.15) is 5.56 Å². The fourth-order valence-electron chi connectivity index (χ4n) is 2.42. The lowest BCUT2D eigenvalue weighted by molar-refractivity contribution is -0.114. The number of carbonyl (C=O) groups is 1. The maximum atomic E-state index is 14.4. The Morgan fingerprint density at radius 3 is 2.48 bits per heavy atom. The lowest BCUT2D eigenvalue weighted by Gasteiger charge is -2.24. The molecule has 1 amide bonds. The average Bonchev–Trinajstić information content (AvgIpc) is 3.14. The van der Waals surface area contributed by atoms with Crippen molar-refractivity contribution >= 4 is 49.8 Å². The number of para-hydroxylation sites is 1. The van der Waals surface area contributed by atoms with Crippen LogP contribution in [-0.2, 0) is 14.8 Å². The Bertz CT molecular complexity index is 1120. The summed E-state index contributed by atoms with van der Waals surface area (Å²) >= 11 is 2.53.